The van der Waals surface area contributed by atoms with Gasteiger partial charge in [0.05, 0.1) is 12.3 Å². The Morgan fingerprint density at radius 1 is 1.38 bits per heavy atom. The molecule has 1 amide bonds. The Kier molecular flexibility index (Phi) is 4.90. The maximum Gasteiger partial charge on any atom is 0.233 e. The number of thioether (sulfide) groups is 1. The molecule has 0 radical (unpaired) electrons. The summed E-state index contributed by atoms with van der Waals surface area (Å²) in [5.41, 5.74) is 5.92. The molecule has 0 spiro atoms. The molecule has 2 rings (SSSR count). The molecule has 2 aromatic rings. The van der Waals surface area contributed by atoms with Crippen LogP contribution in [0.25, 0.3) is 0 Å². The monoisotopic (exact) mass is 308 g/mol. The van der Waals surface area contributed by atoms with E-state index in [1.54, 1.807) is 18.0 Å². The first kappa shape index (κ1) is 15.4. The number of nitrogens with two attached hydrogens (primary N) is 1. The number of furan rings is 1. The van der Waals surface area contributed by atoms with Gasteiger partial charge in [-0.1, -0.05) is 0 Å². The van der Waals surface area contributed by atoms with Crippen molar-refractivity contribution in [3.63, 3.8) is 0 Å². The molecule has 0 fully saturated rings. The minimum atomic E-state index is -0.399. The number of halogens is 1. The number of rotatable bonds is 5. The van der Waals surface area contributed by atoms with Crippen molar-refractivity contribution >= 4 is 23.4 Å². The van der Waals surface area contributed by atoms with Gasteiger partial charge in [-0.25, -0.2) is 4.39 Å². The van der Waals surface area contributed by atoms with Gasteiger partial charge in [0, 0.05) is 17.6 Å². The van der Waals surface area contributed by atoms with Crippen molar-refractivity contribution in [2.24, 2.45) is 0 Å². The number of nitrogens with zero attached hydrogens (tertiary/aromatic N) is 1. The molecule has 0 saturated carbocycles. The van der Waals surface area contributed by atoms with Gasteiger partial charge in [0.25, 0.3) is 0 Å². The molecule has 2 N–H and O–H groups in total. The maximum atomic E-state index is 13.2. The molecule has 0 saturated heterocycles. The van der Waals surface area contributed by atoms with Crippen molar-refractivity contribution in [3.8, 4) is 0 Å². The van der Waals surface area contributed by atoms with Crippen LogP contribution in [0.1, 0.15) is 11.5 Å². The summed E-state index contributed by atoms with van der Waals surface area (Å²) in [5.74, 6) is 1.32. The first-order valence-electron chi connectivity index (χ1n) is 6.42. The number of anilines is 1. The maximum absolute atomic E-state index is 13.2. The molecule has 1 aromatic carbocycles. The Bertz CT molecular complexity index is 622. The van der Waals surface area contributed by atoms with E-state index < -0.39 is 5.82 Å². The predicted molar refractivity (Wildman–Crippen MR) is 81.5 cm³/mol. The zero-order valence-electron chi connectivity index (χ0n) is 11.9. The Morgan fingerprint density at radius 3 is 2.76 bits per heavy atom. The van der Waals surface area contributed by atoms with Gasteiger partial charge in [0.1, 0.15) is 17.3 Å². The quantitative estimate of drug-likeness (QED) is 0.681. The van der Waals surface area contributed by atoms with Gasteiger partial charge in [-0.05, 0) is 37.3 Å². The normalized spacial score (nSPS) is 10.6. The van der Waals surface area contributed by atoms with E-state index in [1.165, 1.54) is 23.9 Å². The summed E-state index contributed by atoms with van der Waals surface area (Å²) < 4.78 is 18.6. The van der Waals surface area contributed by atoms with E-state index in [2.05, 4.69) is 0 Å². The number of carbonyl (C=O) groups is 1. The lowest BCUT2D eigenvalue weighted by Gasteiger charge is -2.15. The van der Waals surface area contributed by atoms with Crippen LogP contribution < -0.4 is 5.73 Å². The zero-order valence-corrected chi connectivity index (χ0v) is 12.7. The first-order chi connectivity index (χ1) is 9.94. The minimum absolute atomic E-state index is 0.0584. The largest absolute Gasteiger partial charge is 0.464 e. The van der Waals surface area contributed by atoms with Gasteiger partial charge >= 0.3 is 0 Å². The molecule has 4 nitrogen and oxygen atoms in total. The van der Waals surface area contributed by atoms with Crippen LogP contribution >= 0.6 is 11.8 Å². The Morgan fingerprint density at radius 2 is 2.14 bits per heavy atom. The standard InChI is InChI=1S/C15H17FN2O2S/c1-10-3-4-13(20-10)8-18(2)15(19)9-21-14-6-11(16)5-12(17)7-14/h3-7H,8-9,17H2,1-2H3. The number of benzene rings is 1. The van der Waals surface area contributed by atoms with Crippen LogP contribution in [-0.4, -0.2) is 23.6 Å². The summed E-state index contributed by atoms with van der Waals surface area (Å²) in [4.78, 5) is 14.3. The third-order valence-corrected chi connectivity index (χ3v) is 3.83. The fraction of sp³-hybridized carbons (Fsp3) is 0.267. The minimum Gasteiger partial charge on any atom is -0.464 e. The highest BCUT2D eigenvalue weighted by molar-refractivity contribution is 8.00. The van der Waals surface area contributed by atoms with E-state index in [0.717, 1.165) is 11.5 Å². The lowest BCUT2D eigenvalue weighted by molar-refractivity contribution is -0.127. The van der Waals surface area contributed by atoms with Gasteiger partial charge < -0.3 is 15.1 Å². The average Bonchev–Trinajstić information content (AvgIpc) is 2.80. The third-order valence-electron chi connectivity index (χ3n) is 2.87. The molecule has 0 unspecified atom stereocenters. The summed E-state index contributed by atoms with van der Waals surface area (Å²) in [7, 11) is 1.71. The van der Waals surface area contributed by atoms with Crippen LogP contribution in [0.5, 0.6) is 0 Å². The van der Waals surface area contributed by atoms with Crippen LogP contribution in [0.2, 0.25) is 0 Å². The topological polar surface area (TPSA) is 59.5 Å². The molecule has 0 bridgehead atoms. The number of amides is 1. The molecule has 0 aliphatic heterocycles. The van der Waals surface area contributed by atoms with Crippen molar-refractivity contribution in [2.45, 2.75) is 18.4 Å². The molecule has 1 aromatic heterocycles. The van der Waals surface area contributed by atoms with Crippen molar-refractivity contribution in [2.75, 3.05) is 18.5 Å². The lowest BCUT2D eigenvalue weighted by atomic mass is 10.3. The van der Waals surface area contributed by atoms with Crippen LogP contribution in [0.4, 0.5) is 10.1 Å². The third kappa shape index (κ3) is 4.53. The van der Waals surface area contributed by atoms with Crippen LogP contribution in [-0.2, 0) is 11.3 Å². The van der Waals surface area contributed by atoms with E-state index in [1.807, 2.05) is 19.1 Å². The van der Waals surface area contributed by atoms with Gasteiger partial charge in [-0.3, -0.25) is 4.79 Å². The highest BCUT2D eigenvalue weighted by Gasteiger charge is 2.12. The smallest absolute Gasteiger partial charge is 0.233 e. The first-order valence-corrected chi connectivity index (χ1v) is 7.41. The molecule has 21 heavy (non-hydrogen) atoms. The van der Waals surface area contributed by atoms with Crippen molar-refractivity contribution in [3.05, 3.63) is 47.7 Å². The molecule has 1 heterocycles. The fourth-order valence-electron chi connectivity index (χ4n) is 1.82. The van der Waals surface area contributed by atoms with Crippen molar-refractivity contribution in [1.82, 2.24) is 4.90 Å². The van der Waals surface area contributed by atoms with Gasteiger partial charge in [0.2, 0.25) is 5.91 Å². The molecular formula is C15H17FN2O2S. The SMILES string of the molecule is Cc1ccc(CN(C)C(=O)CSc2cc(N)cc(F)c2)o1. The van der Waals surface area contributed by atoms with Gasteiger partial charge in [-0.2, -0.15) is 0 Å². The van der Waals surface area contributed by atoms with E-state index >= 15 is 0 Å². The molecule has 0 aliphatic rings. The van der Waals surface area contributed by atoms with E-state index in [4.69, 9.17) is 10.2 Å². The summed E-state index contributed by atoms with van der Waals surface area (Å²) in [5, 5.41) is 0. The summed E-state index contributed by atoms with van der Waals surface area (Å²) in [6.07, 6.45) is 0. The fourth-order valence-corrected chi connectivity index (χ4v) is 2.74. The van der Waals surface area contributed by atoms with Gasteiger partial charge in [-0.15, -0.1) is 11.8 Å². The molecule has 112 valence electrons. The highest BCUT2D eigenvalue weighted by Crippen LogP contribution is 2.22. The second kappa shape index (κ2) is 6.67. The van der Waals surface area contributed by atoms with E-state index in [-0.39, 0.29) is 11.7 Å². The highest BCUT2D eigenvalue weighted by atomic mass is 32.2. The van der Waals surface area contributed by atoms with Crippen molar-refractivity contribution in [1.29, 1.82) is 0 Å². The predicted octanol–water partition coefficient (Wildman–Crippen LogP) is 3.06. The average molecular weight is 308 g/mol. The molecule has 0 atom stereocenters. The van der Waals surface area contributed by atoms with Crippen LogP contribution in [0, 0.1) is 12.7 Å². The Labute approximate surface area is 127 Å². The van der Waals surface area contributed by atoms with E-state index in [9.17, 15) is 9.18 Å². The second-order valence-corrected chi connectivity index (χ2v) is 5.82. The van der Waals surface area contributed by atoms with Crippen LogP contribution in [0.15, 0.2) is 39.6 Å². The van der Waals surface area contributed by atoms with Gasteiger partial charge in [0.15, 0.2) is 0 Å². The summed E-state index contributed by atoms with van der Waals surface area (Å²) in [6.45, 7) is 2.27. The number of carbonyl (C=O) groups excluding carboxylic acids is 1. The summed E-state index contributed by atoms with van der Waals surface area (Å²) >= 11 is 1.26. The lowest BCUT2D eigenvalue weighted by Crippen LogP contribution is -2.27. The van der Waals surface area contributed by atoms with E-state index in [0.29, 0.717) is 17.1 Å². The number of nitrogen functional groups attached to an aromatic ring is 1. The zero-order chi connectivity index (χ0) is 15.4. The second-order valence-electron chi connectivity index (χ2n) is 4.77. The molecule has 6 heteroatoms. The number of hydrogen-bond acceptors (Lipinski definition) is 4. The summed E-state index contributed by atoms with van der Waals surface area (Å²) in [6, 6.07) is 7.97. The Balaban J connectivity index is 1.88. The van der Waals surface area contributed by atoms with Crippen LogP contribution in [0.3, 0.4) is 0 Å². The molecular weight excluding hydrogens is 291 g/mol. The molecule has 0 aliphatic carbocycles. The number of aryl methyl sites for hydroxylation is 1. The number of hydrogen-bond donors (Lipinski definition) is 1. The van der Waals surface area contributed by atoms with Crippen molar-refractivity contribution < 1.29 is 13.6 Å². The Hall–Kier alpha value is -1.95.